The minimum Gasteiger partial charge on any atom is -0.382 e. The van der Waals surface area contributed by atoms with Crippen molar-refractivity contribution in [2.75, 3.05) is 16.8 Å². The monoisotopic (exact) mass is 483 g/mol. The number of nitrogens with one attached hydrogen (secondary N) is 1. The van der Waals surface area contributed by atoms with Gasteiger partial charge in [-0.1, -0.05) is 17.7 Å². The smallest absolute Gasteiger partial charge is 0.267 e. The predicted octanol–water partition coefficient (Wildman–Crippen LogP) is 3.37. The number of alkyl halides is 2. The van der Waals surface area contributed by atoms with Crippen LogP contribution in [-0.2, 0) is 0 Å². The number of nitrogens with two attached hydrogens (primary N) is 2. The van der Waals surface area contributed by atoms with E-state index < -0.39 is 18.0 Å². The molecule has 34 heavy (non-hydrogen) atoms. The van der Waals surface area contributed by atoms with Crippen LogP contribution in [0.3, 0.4) is 0 Å². The van der Waals surface area contributed by atoms with Gasteiger partial charge in [0, 0.05) is 11.8 Å². The Morgan fingerprint density at radius 1 is 1.21 bits per heavy atom. The number of hydrogen-bond donors (Lipinski definition) is 3. The molecule has 0 spiro atoms. The Bertz CT molecular complexity index is 1520. The van der Waals surface area contributed by atoms with E-state index in [2.05, 4.69) is 25.3 Å². The second-order valence-electron chi connectivity index (χ2n) is 7.19. The molecule has 0 aliphatic heterocycles. The normalized spacial score (nSPS) is 12.0. The Hall–Kier alpha value is -4.37. The van der Waals surface area contributed by atoms with Crippen LogP contribution >= 0.6 is 11.6 Å². The molecule has 10 nitrogen and oxygen atoms in total. The predicted molar refractivity (Wildman–Crippen MR) is 123 cm³/mol. The second kappa shape index (κ2) is 8.87. The van der Waals surface area contributed by atoms with E-state index in [0.717, 1.165) is 16.8 Å². The first-order valence-corrected chi connectivity index (χ1v) is 10.1. The van der Waals surface area contributed by atoms with Crippen LogP contribution in [0.2, 0.25) is 5.02 Å². The van der Waals surface area contributed by atoms with Crippen LogP contribution in [0.25, 0.3) is 16.6 Å². The first kappa shape index (κ1) is 22.8. The minimum absolute atomic E-state index is 0.0199. The van der Waals surface area contributed by atoms with E-state index in [-0.39, 0.29) is 56.1 Å². The zero-order chi connectivity index (χ0) is 24.6. The molecule has 0 fully saturated rings. The van der Waals surface area contributed by atoms with Crippen LogP contribution in [-0.4, -0.2) is 24.5 Å². The second-order valence-corrected chi connectivity index (χ2v) is 7.60. The fraction of sp³-hybridized carbons (Fsp3) is 0.143. The molecule has 4 aromatic rings. The third kappa shape index (κ3) is 4.04. The molecule has 1 atom stereocenters. The summed E-state index contributed by atoms with van der Waals surface area (Å²) in [5, 5.41) is 12.7. The minimum atomic E-state index is -2.80. The lowest BCUT2D eigenvalue weighted by molar-refractivity contribution is 0.151. The summed E-state index contributed by atoms with van der Waals surface area (Å²) in [5.74, 6) is -0.163. The van der Waals surface area contributed by atoms with E-state index in [0.29, 0.717) is 0 Å². The Morgan fingerprint density at radius 3 is 2.68 bits per heavy atom. The lowest BCUT2D eigenvalue weighted by atomic mass is 10.2. The molecule has 13 heteroatoms. The summed E-state index contributed by atoms with van der Waals surface area (Å²) in [4.78, 5) is 29.7. The van der Waals surface area contributed by atoms with Crippen LogP contribution in [0.5, 0.6) is 0 Å². The number of rotatable bonds is 5. The van der Waals surface area contributed by atoms with E-state index in [1.807, 2.05) is 6.07 Å². The SMILES string of the molecule is CC(Nc1nc(N)nc(N)c1C#N)c1nc2cccc(Cl)c2c(=O)n1-c1cncc(C(F)F)c1. The van der Waals surface area contributed by atoms with Crippen molar-refractivity contribution in [1.82, 2.24) is 24.5 Å². The highest BCUT2D eigenvalue weighted by molar-refractivity contribution is 6.35. The lowest BCUT2D eigenvalue weighted by Gasteiger charge is -2.21. The molecule has 1 unspecified atom stereocenters. The number of nitrogens with zero attached hydrogens (tertiary/aromatic N) is 6. The molecule has 0 aliphatic rings. The summed E-state index contributed by atoms with van der Waals surface area (Å²) in [6, 6.07) is 7.00. The Morgan fingerprint density at radius 2 is 1.97 bits per heavy atom. The van der Waals surface area contributed by atoms with E-state index in [1.54, 1.807) is 19.1 Å². The summed E-state index contributed by atoms with van der Waals surface area (Å²) < 4.78 is 27.8. The zero-order valence-corrected chi connectivity index (χ0v) is 18.3. The van der Waals surface area contributed by atoms with E-state index in [1.165, 1.54) is 12.3 Å². The quantitative estimate of drug-likeness (QED) is 0.386. The molecule has 4 rings (SSSR count). The highest BCUT2D eigenvalue weighted by Crippen LogP contribution is 2.27. The van der Waals surface area contributed by atoms with Gasteiger partial charge in [-0.3, -0.25) is 14.3 Å². The molecule has 1 aromatic carbocycles. The molecular formula is C21H16ClF2N9O. The first-order valence-electron chi connectivity index (χ1n) is 9.75. The molecule has 5 N–H and O–H groups in total. The van der Waals surface area contributed by atoms with Crippen molar-refractivity contribution < 1.29 is 8.78 Å². The average molecular weight is 484 g/mol. The average Bonchev–Trinajstić information content (AvgIpc) is 2.78. The molecule has 0 saturated carbocycles. The highest BCUT2D eigenvalue weighted by atomic mass is 35.5. The number of nitrogen functional groups attached to an aromatic ring is 2. The van der Waals surface area contributed by atoms with Gasteiger partial charge >= 0.3 is 0 Å². The number of fused-ring (bicyclic) bond motifs is 1. The number of pyridine rings is 1. The maximum atomic E-state index is 13.5. The molecular weight excluding hydrogens is 468 g/mol. The van der Waals surface area contributed by atoms with Gasteiger partial charge in [0.25, 0.3) is 12.0 Å². The van der Waals surface area contributed by atoms with Gasteiger partial charge in [0.1, 0.15) is 23.3 Å². The maximum Gasteiger partial charge on any atom is 0.267 e. The van der Waals surface area contributed by atoms with Crippen molar-refractivity contribution in [3.05, 3.63) is 69.0 Å². The van der Waals surface area contributed by atoms with Crippen LogP contribution in [0.4, 0.5) is 26.4 Å². The molecule has 0 aliphatic carbocycles. The van der Waals surface area contributed by atoms with Crippen LogP contribution < -0.4 is 22.3 Å². The third-order valence-corrected chi connectivity index (χ3v) is 5.25. The van der Waals surface area contributed by atoms with Crippen molar-refractivity contribution >= 4 is 40.1 Å². The molecule has 0 bridgehead atoms. The maximum absolute atomic E-state index is 13.5. The molecule has 0 amide bonds. The number of hydrogen-bond acceptors (Lipinski definition) is 9. The summed E-state index contributed by atoms with van der Waals surface area (Å²) in [5.41, 5.74) is 10.8. The van der Waals surface area contributed by atoms with Gasteiger partial charge in [0.05, 0.1) is 33.9 Å². The molecule has 0 saturated heterocycles. The number of nitriles is 1. The van der Waals surface area contributed by atoms with Crippen LogP contribution in [0, 0.1) is 11.3 Å². The Kier molecular flexibility index (Phi) is 5.95. The third-order valence-electron chi connectivity index (χ3n) is 4.93. The Labute approximate surface area is 195 Å². The van der Waals surface area contributed by atoms with Gasteiger partial charge in [0.2, 0.25) is 5.95 Å². The lowest BCUT2D eigenvalue weighted by Crippen LogP contribution is -2.28. The van der Waals surface area contributed by atoms with Crippen molar-refractivity contribution in [3.8, 4) is 11.8 Å². The Balaban J connectivity index is 1.96. The zero-order valence-electron chi connectivity index (χ0n) is 17.5. The molecule has 172 valence electrons. The van der Waals surface area contributed by atoms with Crippen LogP contribution in [0.1, 0.15) is 36.3 Å². The fourth-order valence-electron chi connectivity index (χ4n) is 3.41. The van der Waals surface area contributed by atoms with Crippen molar-refractivity contribution in [3.63, 3.8) is 0 Å². The van der Waals surface area contributed by atoms with Gasteiger partial charge < -0.3 is 16.8 Å². The first-order chi connectivity index (χ1) is 16.2. The van der Waals surface area contributed by atoms with Gasteiger partial charge in [0.15, 0.2) is 5.82 Å². The molecule has 0 radical (unpaired) electrons. The molecule has 3 aromatic heterocycles. The van der Waals surface area contributed by atoms with Gasteiger partial charge in [-0.25, -0.2) is 13.8 Å². The fourth-order valence-corrected chi connectivity index (χ4v) is 3.66. The van der Waals surface area contributed by atoms with E-state index >= 15 is 0 Å². The number of benzene rings is 1. The van der Waals surface area contributed by atoms with Crippen molar-refractivity contribution in [2.24, 2.45) is 0 Å². The van der Waals surface area contributed by atoms with Gasteiger partial charge in [-0.2, -0.15) is 15.2 Å². The summed E-state index contributed by atoms with van der Waals surface area (Å²) >= 11 is 6.25. The van der Waals surface area contributed by atoms with Gasteiger partial charge in [-0.05, 0) is 25.1 Å². The van der Waals surface area contributed by atoms with Gasteiger partial charge in [-0.15, -0.1) is 0 Å². The summed E-state index contributed by atoms with van der Waals surface area (Å²) in [6.45, 7) is 1.63. The van der Waals surface area contributed by atoms with E-state index in [4.69, 9.17) is 23.1 Å². The summed E-state index contributed by atoms with van der Waals surface area (Å²) in [6.07, 6.45) is -0.535. The van der Waals surface area contributed by atoms with Crippen molar-refractivity contribution in [2.45, 2.75) is 19.4 Å². The standard InChI is InChI=1S/C21H16ClF2N9O/c1-9(29-18-12(6-25)17(26)31-21(27)32-18)19-30-14-4-2-3-13(22)15(14)20(34)33(19)11-5-10(16(23)24)7-28-8-11/h2-5,7-9,16H,1H3,(H5,26,27,29,31,32). The molecule has 3 heterocycles. The highest BCUT2D eigenvalue weighted by Gasteiger charge is 2.22. The largest absolute Gasteiger partial charge is 0.382 e. The number of aromatic nitrogens is 5. The number of halogens is 3. The summed E-state index contributed by atoms with van der Waals surface area (Å²) in [7, 11) is 0. The number of anilines is 3. The van der Waals surface area contributed by atoms with E-state index in [9.17, 15) is 18.8 Å². The van der Waals surface area contributed by atoms with Crippen molar-refractivity contribution in [1.29, 1.82) is 5.26 Å². The topological polar surface area (TPSA) is 161 Å². The van der Waals surface area contributed by atoms with Crippen LogP contribution in [0.15, 0.2) is 41.5 Å².